The Morgan fingerprint density at radius 3 is 3.00 bits per heavy atom. The van der Waals surface area contributed by atoms with E-state index in [-0.39, 0.29) is 24.6 Å². The van der Waals surface area contributed by atoms with Crippen LogP contribution in [-0.4, -0.2) is 53.2 Å². The molecule has 0 saturated carbocycles. The van der Waals surface area contributed by atoms with Crippen LogP contribution in [0.15, 0.2) is 18.7 Å². The number of hydrogen-bond acceptors (Lipinski definition) is 4. The minimum Gasteiger partial charge on any atom is -0.377 e. The van der Waals surface area contributed by atoms with Gasteiger partial charge in [-0.05, 0) is 0 Å². The number of aromatic nitrogens is 2. The summed E-state index contributed by atoms with van der Waals surface area (Å²) in [6.07, 6.45) is 5.35. The zero-order valence-corrected chi connectivity index (χ0v) is 9.24. The lowest BCUT2D eigenvalue weighted by atomic mass is 10.2. The van der Waals surface area contributed by atoms with Crippen molar-refractivity contribution in [1.29, 1.82) is 0 Å². The Morgan fingerprint density at radius 2 is 2.44 bits per heavy atom. The Kier molecular flexibility index (Phi) is 3.21. The molecule has 2 N–H and O–H groups in total. The van der Waals surface area contributed by atoms with Crippen molar-refractivity contribution in [3.8, 4) is 0 Å². The molecule has 2 rings (SSSR count). The molecule has 1 aromatic heterocycles. The van der Waals surface area contributed by atoms with Crippen molar-refractivity contribution in [3.05, 3.63) is 18.7 Å². The Morgan fingerprint density at radius 1 is 1.62 bits per heavy atom. The number of carbonyl (C=O) groups is 1. The highest BCUT2D eigenvalue weighted by Gasteiger charge is 2.35. The van der Waals surface area contributed by atoms with Gasteiger partial charge in [0.1, 0.15) is 0 Å². The van der Waals surface area contributed by atoms with Crippen LogP contribution in [0, 0.1) is 0 Å². The molecular weight excluding hydrogens is 208 g/mol. The van der Waals surface area contributed by atoms with Crippen molar-refractivity contribution in [3.63, 3.8) is 0 Å². The molecule has 1 aliphatic heterocycles. The van der Waals surface area contributed by atoms with Crippen LogP contribution in [0.1, 0.15) is 6.04 Å². The summed E-state index contributed by atoms with van der Waals surface area (Å²) < 4.78 is 7.36. The third kappa shape index (κ3) is 1.94. The van der Waals surface area contributed by atoms with E-state index < -0.39 is 0 Å². The van der Waals surface area contributed by atoms with Gasteiger partial charge in [-0.2, -0.15) is 0 Å². The van der Waals surface area contributed by atoms with Gasteiger partial charge in [0.25, 0.3) is 0 Å². The molecule has 2 atom stereocenters. The van der Waals surface area contributed by atoms with E-state index in [4.69, 9.17) is 10.5 Å². The van der Waals surface area contributed by atoms with Crippen molar-refractivity contribution < 1.29 is 9.53 Å². The largest absolute Gasteiger partial charge is 0.377 e. The molecule has 16 heavy (non-hydrogen) atoms. The third-order valence-corrected chi connectivity index (χ3v) is 2.97. The number of imidazole rings is 1. The summed E-state index contributed by atoms with van der Waals surface area (Å²) in [6, 6.07) is 0.128. The molecule has 1 aliphatic rings. The first kappa shape index (κ1) is 11.1. The number of ether oxygens (including phenoxy) is 1. The molecule has 88 valence electrons. The molecule has 0 bridgehead atoms. The maximum Gasteiger partial charge on any atom is 0.236 e. The maximum absolute atomic E-state index is 11.5. The highest BCUT2D eigenvalue weighted by Crippen LogP contribution is 2.23. The Hall–Kier alpha value is -1.40. The van der Waals surface area contributed by atoms with E-state index in [1.807, 2.05) is 10.8 Å². The van der Waals surface area contributed by atoms with Gasteiger partial charge in [0.05, 0.1) is 25.0 Å². The molecule has 2 heterocycles. The highest BCUT2D eigenvalue weighted by atomic mass is 16.5. The molecule has 0 aliphatic carbocycles. The van der Waals surface area contributed by atoms with E-state index in [0.717, 1.165) is 0 Å². The van der Waals surface area contributed by atoms with Gasteiger partial charge in [0, 0.05) is 32.6 Å². The normalized spacial score (nSPS) is 25.0. The molecule has 0 aromatic carbocycles. The second-order valence-electron chi connectivity index (χ2n) is 3.85. The average Bonchev–Trinajstić information content (AvgIpc) is 2.95. The first-order valence-electron chi connectivity index (χ1n) is 5.24. The number of hydrogen-bond donors (Lipinski definition) is 1. The molecule has 1 fully saturated rings. The maximum atomic E-state index is 11.5. The van der Waals surface area contributed by atoms with Gasteiger partial charge in [-0.25, -0.2) is 4.98 Å². The molecule has 2 unspecified atom stereocenters. The molecule has 6 nitrogen and oxygen atoms in total. The van der Waals surface area contributed by atoms with Gasteiger partial charge in [-0.3, -0.25) is 4.79 Å². The van der Waals surface area contributed by atoms with E-state index in [2.05, 4.69) is 4.98 Å². The first-order chi connectivity index (χ1) is 7.76. The summed E-state index contributed by atoms with van der Waals surface area (Å²) >= 11 is 0. The second kappa shape index (κ2) is 4.63. The Balaban J connectivity index is 2.11. The predicted octanol–water partition coefficient (Wildman–Crippen LogP) is -0.760. The molecule has 0 radical (unpaired) electrons. The summed E-state index contributed by atoms with van der Waals surface area (Å²) in [5, 5.41) is 0. The first-order valence-corrected chi connectivity index (χ1v) is 5.24. The van der Waals surface area contributed by atoms with Crippen LogP contribution in [0.3, 0.4) is 0 Å². The third-order valence-electron chi connectivity index (χ3n) is 2.97. The lowest BCUT2D eigenvalue weighted by molar-refractivity contribution is -0.129. The van der Waals surface area contributed by atoms with E-state index in [9.17, 15) is 4.79 Å². The molecule has 1 saturated heterocycles. The van der Waals surface area contributed by atoms with Gasteiger partial charge in [0.15, 0.2) is 0 Å². The summed E-state index contributed by atoms with van der Waals surface area (Å²) in [6.45, 7) is 1.27. The fourth-order valence-electron chi connectivity index (χ4n) is 2.07. The minimum atomic E-state index is -0.0373. The molecule has 0 spiro atoms. The summed E-state index contributed by atoms with van der Waals surface area (Å²) in [7, 11) is 1.66. The van der Waals surface area contributed by atoms with E-state index in [1.54, 1.807) is 24.5 Å². The molecular formula is C10H16N4O2. The standard InChI is InChI=1S/C10H16N4O2/c1-16-9-6-14(10(15)4-11)5-8(9)13-3-2-12-7-13/h2-3,7-9H,4-6,11H2,1H3. The van der Waals surface area contributed by atoms with Gasteiger partial charge >= 0.3 is 0 Å². The number of methoxy groups -OCH3 is 1. The zero-order valence-electron chi connectivity index (χ0n) is 9.24. The topological polar surface area (TPSA) is 73.4 Å². The number of rotatable bonds is 3. The van der Waals surface area contributed by atoms with E-state index in [0.29, 0.717) is 13.1 Å². The van der Waals surface area contributed by atoms with Crippen molar-refractivity contribution in [2.75, 3.05) is 26.7 Å². The fraction of sp³-hybridized carbons (Fsp3) is 0.600. The van der Waals surface area contributed by atoms with Crippen LogP contribution in [0.4, 0.5) is 0 Å². The van der Waals surface area contributed by atoms with Crippen LogP contribution in [0.25, 0.3) is 0 Å². The SMILES string of the molecule is COC1CN(C(=O)CN)CC1n1ccnc1. The zero-order chi connectivity index (χ0) is 11.5. The number of nitrogens with zero attached hydrogens (tertiary/aromatic N) is 3. The lowest BCUT2D eigenvalue weighted by Gasteiger charge is -2.17. The van der Waals surface area contributed by atoms with Crippen LogP contribution in [-0.2, 0) is 9.53 Å². The van der Waals surface area contributed by atoms with Crippen LogP contribution < -0.4 is 5.73 Å². The number of amides is 1. The van der Waals surface area contributed by atoms with E-state index in [1.165, 1.54) is 0 Å². The van der Waals surface area contributed by atoms with Crippen molar-refractivity contribution in [2.45, 2.75) is 12.1 Å². The number of carbonyl (C=O) groups excluding carboxylic acids is 1. The van der Waals surface area contributed by atoms with Crippen LogP contribution in [0.5, 0.6) is 0 Å². The highest BCUT2D eigenvalue weighted by molar-refractivity contribution is 5.78. The van der Waals surface area contributed by atoms with E-state index >= 15 is 0 Å². The minimum absolute atomic E-state index is 0.00435. The molecule has 1 amide bonds. The quantitative estimate of drug-likeness (QED) is 0.732. The smallest absolute Gasteiger partial charge is 0.236 e. The van der Waals surface area contributed by atoms with Crippen molar-refractivity contribution in [1.82, 2.24) is 14.5 Å². The number of nitrogens with two attached hydrogens (primary N) is 1. The predicted molar refractivity (Wildman–Crippen MR) is 57.7 cm³/mol. The van der Waals surface area contributed by atoms with Gasteiger partial charge < -0.3 is 19.9 Å². The average molecular weight is 224 g/mol. The van der Waals surface area contributed by atoms with Crippen LogP contribution >= 0.6 is 0 Å². The monoisotopic (exact) mass is 224 g/mol. The molecule has 1 aromatic rings. The van der Waals surface area contributed by atoms with Gasteiger partial charge in [0.2, 0.25) is 5.91 Å². The van der Waals surface area contributed by atoms with Gasteiger partial charge in [-0.1, -0.05) is 0 Å². The van der Waals surface area contributed by atoms with Gasteiger partial charge in [-0.15, -0.1) is 0 Å². The molecule has 6 heteroatoms. The fourth-order valence-corrected chi connectivity index (χ4v) is 2.07. The summed E-state index contributed by atoms with van der Waals surface area (Å²) in [5.74, 6) is -0.0373. The summed E-state index contributed by atoms with van der Waals surface area (Å²) in [4.78, 5) is 17.3. The number of likely N-dealkylation sites (tertiary alicyclic amines) is 1. The van der Waals surface area contributed by atoms with Crippen LogP contribution in [0.2, 0.25) is 0 Å². The lowest BCUT2D eigenvalue weighted by Crippen LogP contribution is -2.34. The summed E-state index contributed by atoms with van der Waals surface area (Å²) in [5.41, 5.74) is 5.35. The Labute approximate surface area is 94.0 Å². The van der Waals surface area contributed by atoms with Crippen molar-refractivity contribution in [2.24, 2.45) is 5.73 Å². The second-order valence-corrected chi connectivity index (χ2v) is 3.85. The van der Waals surface area contributed by atoms with Crippen molar-refractivity contribution >= 4 is 5.91 Å². The Bertz CT molecular complexity index is 352.